The maximum Gasteiger partial charge on any atom is 0.343 e. The highest BCUT2D eigenvalue weighted by Crippen LogP contribution is 2.17. The molecular weight excluding hydrogens is 320 g/mol. The minimum atomic E-state index is -0.490. The van der Waals surface area contributed by atoms with Crippen molar-refractivity contribution in [3.05, 3.63) is 66.6 Å². The van der Waals surface area contributed by atoms with E-state index in [9.17, 15) is 9.59 Å². The number of carbonyl (C=O) groups excluding carboxylic acids is 2. The van der Waals surface area contributed by atoms with Gasteiger partial charge in [-0.1, -0.05) is 13.8 Å². The molecule has 1 atom stereocenters. The summed E-state index contributed by atoms with van der Waals surface area (Å²) in [6.07, 6.45) is -0.417. The number of hydrogen-bond donors (Lipinski definition) is 0. The second-order valence-electron chi connectivity index (χ2n) is 5.83. The lowest BCUT2D eigenvalue weighted by atomic mass is 10.1. The van der Waals surface area contributed by atoms with E-state index in [0.29, 0.717) is 22.6 Å². The van der Waals surface area contributed by atoms with Crippen LogP contribution in [0.15, 0.2) is 48.5 Å². The molecule has 0 saturated heterocycles. The number of carbonyl (C=O) groups is 2. The molecule has 0 aliphatic heterocycles. The van der Waals surface area contributed by atoms with Gasteiger partial charge in [-0.15, -0.1) is 0 Å². The van der Waals surface area contributed by atoms with Crippen molar-refractivity contribution < 1.29 is 23.8 Å². The van der Waals surface area contributed by atoms with Crippen molar-refractivity contribution in [2.24, 2.45) is 5.92 Å². The van der Waals surface area contributed by atoms with E-state index >= 15 is 0 Å². The zero-order valence-electron chi connectivity index (χ0n) is 14.5. The lowest BCUT2D eigenvalue weighted by Gasteiger charge is -2.11. The molecule has 2 aromatic carbocycles. The summed E-state index contributed by atoms with van der Waals surface area (Å²) in [6.45, 7) is 7.63. The van der Waals surface area contributed by atoms with Crippen LogP contribution in [0.5, 0.6) is 11.5 Å². The molecule has 130 valence electrons. The number of esters is 2. The summed E-state index contributed by atoms with van der Waals surface area (Å²) < 4.78 is 15.6. The predicted octanol–water partition coefficient (Wildman–Crippen LogP) is 3.93. The van der Waals surface area contributed by atoms with Gasteiger partial charge in [0.2, 0.25) is 6.10 Å². The molecule has 5 nitrogen and oxygen atoms in total. The molecule has 5 heteroatoms. The van der Waals surface area contributed by atoms with Crippen LogP contribution >= 0.6 is 0 Å². The molecule has 0 aromatic heterocycles. The number of ether oxygens (including phenoxy) is 3. The Hall–Kier alpha value is -2.95. The van der Waals surface area contributed by atoms with Gasteiger partial charge in [-0.2, -0.15) is 0 Å². The van der Waals surface area contributed by atoms with E-state index < -0.39 is 18.0 Å². The van der Waals surface area contributed by atoms with Crippen molar-refractivity contribution >= 4 is 11.9 Å². The fourth-order valence-corrected chi connectivity index (χ4v) is 1.89. The largest absolute Gasteiger partial charge is 0.497 e. The Bertz CT molecular complexity index is 717. The van der Waals surface area contributed by atoms with E-state index in [2.05, 4.69) is 6.92 Å². The van der Waals surface area contributed by atoms with Crippen molar-refractivity contribution in [2.75, 3.05) is 7.11 Å². The smallest absolute Gasteiger partial charge is 0.343 e. The van der Waals surface area contributed by atoms with Gasteiger partial charge in [0.05, 0.1) is 18.2 Å². The Balaban J connectivity index is 1.99. The maximum atomic E-state index is 12.1. The van der Waals surface area contributed by atoms with E-state index in [-0.39, 0.29) is 5.92 Å². The van der Waals surface area contributed by atoms with Crippen molar-refractivity contribution in [1.29, 1.82) is 0 Å². The predicted molar refractivity (Wildman–Crippen MR) is 93.8 cm³/mol. The molecule has 0 heterocycles. The SMILES string of the molecule is [CH2+]C(OC(=O)c1ccc(OC(=O)c2ccc(OC)cc2)cc1)C(C)C. The minimum absolute atomic E-state index is 0.133. The summed E-state index contributed by atoms with van der Waals surface area (Å²) >= 11 is 0. The normalized spacial score (nSPS) is 11.7. The molecule has 2 rings (SSSR count). The zero-order valence-corrected chi connectivity index (χ0v) is 14.5. The highest BCUT2D eigenvalue weighted by molar-refractivity contribution is 5.92. The molecule has 0 bridgehead atoms. The number of benzene rings is 2. The van der Waals surface area contributed by atoms with Crippen LogP contribution in [0.1, 0.15) is 34.6 Å². The third-order valence-electron chi connectivity index (χ3n) is 3.63. The Morgan fingerprint density at radius 3 is 1.80 bits per heavy atom. The fourth-order valence-electron chi connectivity index (χ4n) is 1.89. The van der Waals surface area contributed by atoms with Crippen LogP contribution in [-0.4, -0.2) is 25.2 Å². The summed E-state index contributed by atoms with van der Waals surface area (Å²) in [5.74, 6) is 0.183. The van der Waals surface area contributed by atoms with Crippen LogP contribution in [0.4, 0.5) is 0 Å². The summed E-state index contributed by atoms with van der Waals surface area (Å²) in [6, 6.07) is 12.8. The fraction of sp³-hybridized carbons (Fsp3) is 0.250. The third-order valence-corrected chi connectivity index (χ3v) is 3.63. The zero-order chi connectivity index (χ0) is 18.4. The Labute approximate surface area is 147 Å². The van der Waals surface area contributed by atoms with Gasteiger partial charge < -0.3 is 14.2 Å². The molecule has 0 aliphatic carbocycles. The first-order valence-corrected chi connectivity index (χ1v) is 7.91. The highest BCUT2D eigenvalue weighted by Gasteiger charge is 2.20. The molecule has 0 N–H and O–H groups in total. The quantitative estimate of drug-likeness (QED) is 0.452. The van der Waals surface area contributed by atoms with Gasteiger partial charge in [-0.3, -0.25) is 0 Å². The molecule has 0 saturated carbocycles. The second kappa shape index (κ2) is 8.24. The van der Waals surface area contributed by atoms with Crippen molar-refractivity contribution in [1.82, 2.24) is 0 Å². The van der Waals surface area contributed by atoms with Crippen LogP contribution in [0.2, 0.25) is 0 Å². The van der Waals surface area contributed by atoms with Crippen LogP contribution in [0.3, 0.4) is 0 Å². The first kappa shape index (κ1) is 18.4. The van der Waals surface area contributed by atoms with Gasteiger partial charge in [-0.05, 0) is 48.5 Å². The number of methoxy groups -OCH3 is 1. The van der Waals surface area contributed by atoms with Crippen LogP contribution in [-0.2, 0) is 4.74 Å². The molecule has 0 fully saturated rings. The van der Waals surface area contributed by atoms with E-state index in [1.807, 2.05) is 13.8 Å². The maximum absolute atomic E-state index is 12.1. The van der Waals surface area contributed by atoms with Gasteiger partial charge >= 0.3 is 11.9 Å². The van der Waals surface area contributed by atoms with Crippen molar-refractivity contribution in [2.45, 2.75) is 20.0 Å². The molecule has 0 aliphatic rings. The number of hydrogen-bond acceptors (Lipinski definition) is 5. The molecule has 1 unspecified atom stereocenters. The van der Waals surface area contributed by atoms with Gasteiger partial charge in [0.1, 0.15) is 18.4 Å². The standard InChI is InChI=1S/C20H21O5/c1-13(2)14(3)24-19(21)15-7-11-18(12-8-15)25-20(22)16-5-9-17(23-4)10-6-16/h5-14H,3H2,1-2,4H3/q+1. The first-order chi connectivity index (χ1) is 11.9. The number of rotatable bonds is 6. The summed E-state index contributed by atoms with van der Waals surface area (Å²) in [4.78, 5) is 24.1. The van der Waals surface area contributed by atoms with Crippen molar-refractivity contribution in [3.63, 3.8) is 0 Å². The molecule has 2 aromatic rings. The third kappa shape index (κ3) is 5.01. The lowest BCUT2D eigenvalue weighted by Crippen LogP contribution is -2.20. The Morgan fingerprint density at radius 1 is 0.840 bits per heavy atom. The topological polar surface area (TPSA) is 61.8 Å². The Morgan fingerprint density at radius 2 is 1.32 bits per heavy atom. The minimum Gasteiger partial charge on any atom is -0.497 e. The van der Waals surface area contributed by atoms with Gasteiger partial charge in [0.15, 0.2) is 0 Å². The Kier molecular flexibility index (Phi) is 6.06. The van der Waals surface area contributed by atoms with Crippen LogP contribution in [0, 0.1) is 12.8 Å². The van der Waals surface area contributed by atoms with Crippen LogP contribution in [0.25, 0.3) is 0 Å². The molecule has 0 radical (unpaired) electrons. The van der Waals surface area contributed by atoms with Gasteiger partial charge in [0, 0.05) is 5.92 Å². The molecule has 0 spiro atoms. The lowest BCUT2D eigenvalue weighted by molar-refractivity contribution is 0.0302. The highest BCUT2D eigenvalue weighted by atomic mass is 16.5. The summed E-state index contributed by atoms with van der Waals surface area (Å²) in [7, 11) is 1.55. The average Bonchev–Trinajstić information content (AvgIpc) is 2.62. The molecule has 0 amide bonds. The molecule has 25 heavy (non-hydrogen) atoms. The average molecular weight is 341 g/mol. The van der Waals surface area contributed by atoms with E-state index in [1.165, 1.54) is 0 Å². The van der Waals surface area contributed by atoms with Gasteiger partial charge in [0.25, 0.3) is 0 Å². The van der Waals surface area contributed by atoms with E-state index in [4.69, 9.17) is 14.2 Å². The van der Waals surface area contributed by atoms with Crippen LogP contribution < -0.4 is 9.47 Å². The van der Waals surface area contributed by atoms with Gasteiger partial charge in [-0.25, -0.2) is 9.59 Å². The van der Waals surface area contributed by atoms with Crippen molar-refractivity contribution in [3.8, 4) is 11.5 Å². The first-order valence-electron chi connectivity index (χ1n) is 7.91. The summed E-state index contributed by atoms with van der Waals surface area (Å²) in [5, 5.41) is 0. The molecular formula is C20H21O5+. The van der Waals surface area contributed by atoms with E-state index in [1.54, 1.807) is 55.6 Å². The second-order valence-corrected chi connectivity index (χ2v) is 5.83. The monoisotopic (exact) mass is 341 g/mol. The summed E-state index contributed by atoms with van der Waals surface area (Å²) in [5.41, 5.74) is 0.777. The van der Waals surface area contributed by atoms with E-state index in [0.717, 1.165) is 0 Å².